The minimum atomic E-state index is 0.257. The molecule has 0 aromatic heterocycles. The summed E-state index contributed by atoms with van der Waals surface area (Å²) >= 11 is 0. The third kappa shape index (κ3) is 7.90. The molecule has 0 saturated carbocycles. The zero-order valence-corrected chi connectivity index (χ0v) is 9.83. The highest BCUT2D eigenvalue weighted by molar-refractivity contribution is 4.90. The first-order valence-corrected chi connectivity index (χ1v) is 5.78. The summed E-state index contributed by atoms with van der Waals surface area (Å²) in [6.07, 6.45) is 14.5. The van der Waals surface area contributed by atoms with Gasteiger partial charge in [-0.1, -0.05) is 38.8 Å². The molecule has 0 saturated heterocycles. The van der Waals surface area contributed by atoms with Crippen molar-refractivity contribution in [3.63, 3.8) is 0 Å². The summed E-state index contributed by atoms with van der Waals surface area (Å²) in [6.45, 7) is 6.34. The Hall–Kier alpha value is -0.720. The Morgan fingerprint density at radius 2 is 2.00 bits per heavy atom. The number of hydrogen-bond acceptors (Lipinski definition) is 1. The van der Waals surface area contributed by atoms with Crippen LogP contribution in [0.1, 0.15) is 52.9 Å². The number of allylic oxidation sites excluding steroid dienone is 2. The van der Waals surface area contributed by atoms with Crippen LogP contribution in [0.3, 0.4) is 0 Å². The quantitative estimate of drug-likeness (QED) is 0.316. The fourth-order valence-electron chi connectivity index (χ4n) is 1.22. The van der Waals surface area contributed by atoms with Crippen LogP contribution in [0, 0.1) is 0 Å². The molecule has 0 amide bonds. The normalized spacial score (nSPS) is 13.9. The van der Waals surface area contributed by atoms with Crippen LogP contribution in [-0.2, 0) is 4.74 Å². The number of rotatable bonds is 8. The minimum Gasteiger partial charge on any atom is -0.494 e. The lowest BCUT2D eigenvalue weighted by Crippen LogP contribution is -2.03. The van der Waals surface area contributed by atoms with Crippen LogP contribution in [0.2, 0.25) is 0 Å². The van der Waals surface area contributed by atoms with Gasteiger partial charge in [0.15, 0.2) is 0 Å². The first-order chi connectivity index (χ1) is 6.85. The van der Waals surface area contributed by atoms with Crippen molar-refractivity contribution in [3.8, 4) is 0 Å². The van der Waals surface area contributed by atoms with Crippen molar-refractivity contribution in [1.29, 1.82) is 0 Å². The highest BCUT2D eigenvalue weighted by atomic mass is 16.5. The fraction of sp³-hybridized carbons (Fsp3) is 0.692. The van der Waals surface area contributed by atoms with E-state index in [9.17, 15) is 0 Å². The molecule has 0 fully saturated rings. The second-order valence-electron chi connectivity index (χ2n) is 3.48. The van der Waals surface area contributed by atoms with Crippen LogP contribution in [-0.4, -0.2) is 6.10 Å². The molecule has 0 bridgehead atoms. The molecule has 0 aliphatic carbocycles. The fourth-order valence-corrected chi connectivity index (χ4v) is 1.22. The molecular weight excluding hydrogens is 172 g/mol. The highest BCUT2D eigenvalue weighted by Gasteiger charge is 1.97. The second-order valence-corrected chi connectivity index (χ2v) is 3.48. The second kappa shape index (κ2) is 10.4. The smallest absolute Gasteiger partial charge is 0.116 e. The average molecular weight is 196 g/mol. The molecule has 0 aromatic rings. The van der Waals surface area contributed by atoms with Gasteiger partial charge in [0, 0.05) is 0 Å². The van der Waals surface area contributed by atoms with Gasteiger partial charge < -0.3 is 4.74 Å². The lowest BCUT2D eigenvalue weighted by atomic mass is 10.1. The van der Waals surface area contributed by atoms with Gasteiger partial charge in [-0.3, -0.25) is 0 Å². The van der Waals surface area contributed by atoms with Gasteiger partial charge in [-0.05, 0) is 32.3 Å². The summed E-state index contributed by atoms with van der Waals surface area (Å²) in [5, 5.41) is 0. The maximum Gasteiger partial charge on any atom is 0.116 e. The van der Waals surface area contributed by atoms with E-state index in [-0.39, 0.29) is 6.10 Å². The van der Waals surface area contributed by atoms with E-state index >= 15 is 0 Å². The summed E-state index contributed by atoms with van der Waals surface area (Å²) < 4.78 is 5.48. The van der Waals surface area contributed by atoms with Crippen molar-refractivity contribution in [2.24, 2.45) is 0 Å². The Bertz CT molecular complexity index is 159. The molecule has 0 aromatic carbocycles. The molecule has 0 N–H and O–H groups in total. The lowest BCUT2D eigenvalue weighted by molar-refractivity contribution is 0.182. The predicted molar refractivity (Wildman–Crippen MR) is 63.3 cm³/mol. The summed E-state index contributed by atoms with van der Waals surface area (Å²) in [6, 6.07) is 0. The molecule has 0 unspecified atom stereocenters. The van der Waals surface area contributed by atoms with E-state index in [1.54, 1.807) is 6.26 Å². The van der Waals surface area contributed by atoms with Crippen LogP contribution in [0.5, 0.6) is 0 Å². The Kier molecular flexibility index (Phi) is 9.83. The molecule has 0 rings (SSSR count). The molecule has 0 spiro atoms. The van der Waals surface area contributed by atoms with Crippen LogP contribution in [0.25, 0.3) is 0 Å². The first-order valence-electron chi connectivity index (χ1n) is 5.78. The Morgan fingerprint density at radius 1 is 1.21 bits per heavy atom. The van der Waals surface area contributed by atoms with Gasteiger partial charge in [0.2, 0.25) is 0 Å². The molecule has 1 nitrogen and oxygen atoms in total. The highest BCUT2D eigenvalue weighted by Crippen LogP contribution is 2.04. The topological polar surface area (TPSA) is 9.23 Å². The van der Waals surface area contributed by atoms with Crippen molar-refractivity contribution in [1.82, 2.24) is 0 Å². The van der Waals surface area contributed by atoms with Crippen LogP contribution >= 0.6 is 0 Å². The van der Waals surface area contributed by atoms with Crippen LogP contribution < -0.4 is 0 Å². The maximum atomic E-state index is 5.48. The third-order valence-corrected chi connectivity index (χ3v) is 2.12. The van der Waals surface area contributed by atoms with Gasteiger partial charge in [-0.25, -0.2) is 0 Å². The van der Waals surface area contributed by atoms with Gasteiger partial charge in [0.1, 0.15) is 6.10 Å². The van der Waals surface area contributed by atoms with E-state index in [4.69, 9.17) is 4.74 Å². The number of unbranched alkanes of at least 4 members (excludes halogenated alkanes) is 3. The summed E-state index contributed by atoms with van der Waals surface area (Å²) in [4.78, 5) is 0. The third-order valence-electron chi connectivity index (χ3n) is 2.12. The molecule has 82 valence electrons. The zero-order chi connectivity index (χ0) is 10.6. The number of hydrogen-bond donors (Lipinski definition) is 0. The minimum absolute atomic E-state index is 0.257. The molecule has 1 atom stereocenters. The zero-order valence-electron chi connectivity index (χ0n) is 9.83. The Morgan fingerprint density at radius 3 is 2.57 bits per heavy atom. The van der Waals surface area contributed by atoms with Crippen molar-refractivity contribution >= 4 is 0 Å². The van der Waals surface area contributed by atoms with Crippen molar-refractivity contribution in [2.45, 2.75) is 59.0 Å². The first kappa shape index (κ1) is 13.3. The SMILES string of the molecule is C/C=C/O[C@H](/C=C/CCCCC)CC. The Labute approximate surface area is 88.9 Å². The molecule has 0 aliphatic rings. The average Bonchev–Trinajstić information content (AvgIpc) is 2.22. The van der Waals surface area contributed by atoms with Gasteiger partial charge in [-0.2, -0.15) is 0 Å². The maximum absolute atomic E-state index is 5.48. The molecule has 0 aliphatic heterocycles. The van der Waals surface area contributed by atoms with Crippen molar-refractivity contribution < 1.29 is 4.74 Å². The molecule has 1 heteroatoms. The van der Waals surface area contributed by atoms with Gasteiger partial charge >= 0.3 is 0 Å². The van der Waals surface area contributed by atoms with Gasteiger partial charge in [-0.15, -0.1) is 0 Å². The van der Waals surface area contributed by atoms with E-state index in [0.717, 1.165) is 6.42 Å². The van der Waals surface area contributed by atoms with Gasteiger partial charge in [0.25, 0.3) is 0 Å². The summed E-state index contributed by atoms with van der Waals surface area (Å²) in [5.41, 5.74) is 0. The van der Waals surface area contributed by atoms with Crippen molar-refractivity contribution in [3.05, 3.63) is 24.5 Å². The predicted octanol–water partition coefficient (Wildman–Crippen LogP) is 4.45. The Balaban J connectivity index is 3.57. The molecule has 0 radical (unpaired) electrons. The van der Waals surface area contributed by atoms with E-state index in [2.05, 4.69) is 26.0 Å². The van der Waals surface area contributed by atoms with Gasteiger partial charge in [0.05, 0.1) is 6.26 Å². The summed E-state index contributed by atoms with van der Waals surface area (Å²) in [7, 11) is 0. The monoisotopic (exact) mass is 196 g/mol. The number of ether oxygens (including phenoxy) is 1. The lowest BCUT2D eigenvalue weighted by Gasteiger charge is -2.08. The van der Waals surface area contributed by atoms with Crippen molar-refractivity contribution in [2.75, 3.05) is 0 Å². The molecule has 14 heavy (non-hydrogen) atoms. The van der Waals surface area contributed by atoms with Crippen LogP contribution in [0.15, 0.2) is 24.5 Å². The van der Waals surface area contributed by atoms with Crippen LogP contribution in [0.4, 0.5) is 0 Å². The van der Waals surface area contributed by atoms with E-state index in [1.165, 1.54) is 25.7 Å². The van der Waals surface area contributed by atoms with E-state index < -0.39 is 0 Å². The largest absolute Gasteiger partial charge is 0.494 e. The van der Waals surface area contributed by atoms with E-state index in [0.29, 0.717) is 0 Å². The molecule has 0 heterocycles. The van der Waals surface area contributed by atoms with E-state index in [1.807, 2.05) is 13.0 Å². The standard InChI is InChI=1S/C13H24O/c1-4-7-8-9-10-11-13(6-3)14-12-5-2/h5,10-13H,4,6-9H2,1-3H3/b11-10+,12-5+/t13-/m0/s1. The molecular formula is C13H24O. The summed E-state index contributed by atoms with van der Waals surface area (Å²) in [5.74, 6) is 0.